The zero-order valence-electron chi connectivity index (χ0n) is 37.2. The summed E-state index contributed by atoms with van der Waals surface area (Å²) in [5.74, 6) is 1.33. The first-order valence-corrected chi connectivity index (χ1v) is 25.2. The minimum absolute atomic E-state index is 0.0122. The number of rotatable bonds is 12. The lowest BCUT2D eigenvalue weighted by atomic mass is 9.74. The van der Waals surface area contributed by atoms with Crippen molar-refractivity contribution in [2.75, 3.05) is 33.5 Å². The fourth-order valence-corrected chi connectivity index (χ4v) is 14.8. The van der Waals surface area contributed by atoms with Crippen LogP contribution >= 0.6 is 7.82 Å². The van der Waals surface area contributed by atoms with Crippen molar-refractivity contribution in [1.82, 2.24) is 10.3 Å². The molecule has 8 bridgehead atoms. The van der Waals surface area contributed by atoms with Crippen LogP contribution in [0.15, 0.2) is 89.9 Å². The molecule has 0 aliphatic heterocycles. The van der Waals surface area contributed by atoms with Crippen LogP contribution in [-0.2, 0) is 13.8 Å². The molecule has 14 heteroatoms. The van der Waals surface area contributed by atoms with E-state index in [1.807, 2.05) is 0 Å². The van der Waals surface area contributed by atoms with Crippen LogP contribution in [-0.4, -0.2) is 61.1 Å². The second-order valence-electron chi connectivity index (χ2n) is 19.7. The second-order valence-corrected chi connectivity index (χ2v) is 21.2. The number of nitrogens with two attached hydrogens (primary N) is 2. The van der Waals surface area contributed by atoms with Crippen LogP contribution in [0.5, 0.6) is 11.5 Å². The molecule has 68 heavy (non-hydrogen) atoms. The number of nitrogens with one attached hydrogen (secondary N) is 2. The predicted molar refractivity (Wildman–Crippen MR) is 252 cm³/mol. The molecule has 0 spiro atoms. The van der Waals surface area contributed by atoms with Gasteiger partial charge < -0.3 is 35.8 Å². The first-order chi connectivity index (χ1) is 33.1. The Morgan fingerprint density at radius 2 is 1.04 bits per heavy atom. The maximum absolute atomic E-state index is 13.7. The fourth-order valence-electron chi connectivity index (χ4n) is 14.3. The van der Waals surface area contributed by atoms with Crippen LogP contribution in [0.2, 0.25) is 0 Å². The maximum Gasteiger partial charge on any atom is 0.527 e. The molecule has 342 valence electrons. The maximum atomic E-state index is 13.7. The van der Waals surface area contributed by atoms with Crippen LogP contribution in [0.3, 0.4) is 0 Å². The molecule has 0 saturated carbocycles. The average Bonchev–Trinajstić information content (AvgIpc) is 4.21. The summed E-state index contributed by atoms with van der Waals surface area (Å²) in [4.78, 5) is 42.5. The number of benzene rings is 5. The Labute approximate surface area is 391 Å². The molecule has 1 aromatic heterocycles. The van der Waals surface area contributed by atoms with Gasteiger partial charge in [0.2, 0.25) is 0 Å². The van der Waals surface area contributed by atoms with Crippen molar-refractivity contribution < 1.29 is 37.6 Å². The number of hydrogen-bond acceptors (Lipinski definition) is 7. The van der Waals surface area contributed by atoms with Crippen molar-refractivity contribution in [2.24, 2.45) is 16.5 Å². The molecule has 14 rings (SSSR count). The smallest absolute Gasteiger partial charge is 0.491 e. The number of aromatic nitrogens is 1. The number of aliphatic imine (C=N–C) groups is 1. The third kappa shape index (κ3) is 5.61. The highest BCUT2D eigenvalue weighted by Crippen LogP contribution is 2.72. The van der Waals surface area contributed by atoms with Gasteiger partial charge in [0.1, 0.15) is 29.5 Å². The summed E-state index contributed by atoms with van der Waals surface area (Å²) in [5.41, 5.74) is 31.6. The first-order valence-electron chi connectivity index (χ1n) is 23.7. The monoisotopic (exact) mass is 925 g/mol. The largest absolute Gasteiger partial charge is 0.527 e. The van der Waals surface area contributed by atoms with Gasteiger partial charge in [-0.1, -0.05) is 72.8 Å². The Hall–Kier alpha value is -6.50. The SMILES string of the molecule is COP(=O)(O)Oc1c2c(c(OCCOCCNC(=O)c3ccc(C(=O)N=C(N)N)[nH]3)c3c1[C@H]1C[C@@H]3c3cc4c(cc31)[C@H]1C[C@@H]4c3ccccc31)[C@H]1C[C@@H]2c2cc3c(cc21)[C@H]1C[C@@H]3c2ccccc21. The van der Waals surface area contributed by atoms with Crippen molar-refractivity contribution in [2.45, 2.75) is 73.0 Å². The molecule has 9 atom stereocenters. The summed E-state index contributed by atoms with van der Waals surface area (Å²) in [6.07, 6.45) is 3.84. The van der Waals surface area contributed by atoms with E-state index in [0.29, 0.717) is 29.4 Å². The van der Waals surface area contributed by atoms with Gasteiger partial charge in [0, 0.05) is 83.3 Å². The van der Waals surface area contributed by atoms with Gasteiger partial charge in [0.05, 0.1) is 13.2 Å². The van der Waals surface area contributed by atoms with E-state index in [2.05, 4.69) is 88.1 Å². The summed E-state index contributed by atoms with van der Waals surface area (Å²) >= 11 is 0. The topological polar surface area (TPSA) is 201 Å². The minimum Gasteiger partial charge on any atom is -0.491 e. The van der Waals surface area contributed by atoms with Gasteiger partial charge in [-0.15, -0.1) is 0 Å². The van der Waals surface area contributed by atoms with Gasteiger partial charge in [-0.2, -0.15) is 4.99 Å². The van der Waals surface area contributed by atoms with E-state index in [1.165, 1.54) is 86.0 Å². The van der Waals surface area contributed by atoms with Crippen molar-refractivity contribution in [3.8, 4) is 11.5 Å². The highest BCUT2D eigenvalue weighted by Gasteiger charge is 2.56. The molecular formula is C54H48N5O8P. The zero-order valence-corrected chi connectivity index (χ0v) is 38.1. The highest BCUT2D eigenvalue weighted by molar-refractivity contribution is 7.47. The van der Waals surface area contributed by atoms with E-state index in [9.17, 15) is 19.0 Å². The molecule has 8 aliphatic carbocycles. The number of fused-ring (bicyclic) bond motifs is 32. The fraction of sp³-hybridized carbons (Fsp3) is 0.315. The van der Waals surface area contributed by atoms with Gasteiger partial charge in [0.25, 0.3) is 11.8 Å². The van der Waals surface area contributed by atoms with Crippen LogP contribution in [0, 0.1) is 0 Å². The number of hydrogen-bond donors (Lipinski definition) is 5. The summed E-state index contributed by atoms with van der Waals surface area (Å²) in [7, 11) is -3.27. The number of phosphoric acid groups is 1. The molecule has 6 aromatic rings. The third-order valence-electron chi connectivity index (χ3n) is 16.7. The summed E-state index contributed by atoms with van der Waals surface area (Å²) in [5, 5.41) is 2.82. The van der Waals surface area contributed by atoms with E-state index in [1.54, 1.807) is 0 Å². The second kappa shape index (κ2) is 14.5. The van der Waals surface area contributed by atoms with Gasteiger partial charge in [-0.3, -0.25) is 19.0 Å². The van der Waals surface area contributed by atoms with Crippen LogP contribution in [0.25, 0.3) is 0 Å². The van der Waals surface area contributed by atoms with Gasteiger partial charge in [0.15, 0.2) is 5.96 Å². The van der Waals surface area contributed by atoms with Crippen LogP contribution in [0.1, 0.15) is 183 Å². The summed E-state index contributed by atoms with van der Waals surface area (Å²) in [6.45, 7) is 0.958. The highest BCUT2D eigenvalue weighted by atomic mass is 31.2. The quantitative estimate of drug-likeness (QED) is 0.0344. The van der Waals surface area contributed by atoms with E-state index >= 15 is 0 Å². The average molecular weight is 926 g/mol. The van der Waals surface area contributed by atoms with Crippen LogP contribution in [0.4, 0.5) is 0 Å². The lowest BCUT2D eigenvalue weighted by molar-refractivity contribution is 0.0861. The van der Waals surface area contributed by atoms with E-state index in [-0.39, 0.29) is 67.4 Å². The molecule has 8 aliphatic rings. The molecule has 0 radical (unpaired) electrons. The molecular weight excluding hydrogens is 878 g/mol. The Balaban J connectivity index is 0.813. The number of H-pyrrole nitrogens is 1. The molecule has 13 nitrogen and oxygen atoms in total. The minimum atomic E-state index is -4.50. The Kier molecular flexibility index (Phi) is 8.65. The van der Waals surface area contributed by atoms with Crippen molar-refractivity contribution >= 4 is 25.6 Å². The normalized spacial score (nSPS) is 25.1. The number of carbonyl (C=O) groups is 2. The molecule has 0 saturated heterocycles. The number of ether oxygens (including phenoxy) is 2. The van der Waals surface area contributed by atoms with Crippen LogP contribution < -0.4 is 26.0 Å². The zero-order chi connectivity index (χ0) is 45.9. The van der Waals surface area contributed by atoms with Gasteiger partial charge in [-0.05, 0) is 105 Å². The lowest BCUT2D eigenvalue weighted by Gasteiger charge is -2.33. The molecule has 2 amide bonds. The predicted octanol–water partition coefficient (Wildman–Crippen LogP) is 8.30. The van der Waals surface area contributed by atoms with Gasteiger partial charge >= 0.3 is 7.82 Å². The number of nitrogens with zero attached hydrogens (tertiary/aromatic N) is 1. The van der Waals surface area contributed by atoms with Crippen molar-refractivity contribution in [3.63, 3.8) is 0 Å². The standard InChI is InChI=1S/C54H48N5O8P/c1-64-68(62,63)67-51-48-42-22-40(36-18-32-28-16-30(34(32)20-38(36)42)26-8-4-2-6-24(26)28)46(48)50(66-15-14-65-13-12-57-52(60)44-10-11-45(58-44)53(61)59-54(55)56)47-41-23-43(49(47)51)39-21-35-31-17-29(33(35)19-37(39)41)25-7-3-5-9-27(25)31/h2-11,18-21,28-31,40-43,58H,12-17,22-23H2,1H3,(H,57,60)(H,62,63)(H4,55,56,59,61)/t28-,29+,30+,31-,40-,41+,42+,43-. The molecule has 0 fully saturated rings. The summed E-state index contributed by atoms with van der Waals surface area (Å²) in [6, 6.07) is 30.6. The lowest BCUT2D eigenvalue weighted by Crippen LogP contribution is -2.28. The third-order valence-corrected chi connectivity index (χ3v) is 17.6. The number of phosphoric ester groups is 1. The molecule has 1 heterocycles. The number of carbonyl (C=O) groups excluding carboxylic acids is 2. The Morgan fingerprint density at radius 3 is 1.50 bits per heavy atom. The summed E-state index contributed by atoms with van der Waals surface area (Å²) < 4.78 is 38.5. The number of aromatic amines is 1. The van der Waals surface area contributed by atoms with E-state index in [0.717, 1.165) is 53.7 Å². The van der Waals surface area contributed by atoms with E-state index in [4.69, 9.17) is 30.0 Å². The Morgan fingerprint density at radius 1 is 0.618 bits per heavy atom. The molecule has 7 N–H and O–H groups in total. The Bertz CT molecular complexity index is 3180. The number of amides is 2. The van der Waals surface area contributed by atoms with E-state index < -0.39 is 19.6 Å². The van der Waals surface area contributed by atoms with Crippen molar-refractivity contribution in [1.29, 1.82) is 0 Å². The first kappa shape index (κ1) is 40.6. The number of guanidine groups is 1. The molecule has 5 aromatic carbocycles. The van der Waals surface area contributed by atoms with Crippen molar-refractivity contribution in [3.05, 3.63) is 185 Å². The molecule has 1 unspecified atom stereocenters. The van der Waals surface area contributed by atoms with Gasteiger partial charge in [-0.25, -0.2) is 4.57 Å².